The van der Waals surface area contributed by atoms with Crippen LogP contribution in [-0.4, -0.2) is 23.6 Å². The van der Waals surface area contributed by atoms with Crippen LogP contribution in [-0.2, 0) is 0 Å². The van der Waals surface area contributed by atoms with E-state index in [-0.39, 0.29) is 0 Å². The van der Waals surface area contributed by atoms with Gasteiger partial charge in [-0.1, -0.05) is 33.6 Å². The van der Waals surface area contributed by atoms with E-state index >= 15 is 0 Å². The quantitative estimate of drug-likeness (QED) is 0.755. The minimum absolute atomic E-state index is 0.789. The molecule has 2 heteroatoms. The van der Waals surface area contributed by atoms with E-state index in [1.165, 1.54) is 31.4 Å². The van der Waals surface area contributed by atoms with Gasteiger partial charge in [-0.05, 0) is 31.1 Å². The highest BCUT2D eigenvalue weighted by atomic mass is 32.2. The summed E-state index contributed by atoms with van der Waals surface area (Å²) in [5.41, 5.74) is 0. The highest BCUT2D eigenvalue weighted by Crippen LogP contribution is 2.29. The van der Waals surface area contributed by atoms with Gasteiger partial charge in [-0.2, -0.15) is 11.8 Å². The molecular weight excluding hydrogens is 190 g/mol. The van der Waals surface area contributed by atoms with Crippen LogP contribution >= 0.6 is 11.8 Å². The first-order chi connectivity index (χ1) is 6.74. The maximum atomic E-state index is 3.64. The van der Waals surface area contributed by atoms with E-state index in [9.17, 15) is 0 Å². The van der Waals surface area contributed by atoms with Crippen LogP contribution in [0.15, 0.2) is 0 Å². The van der Waals surface area contributed by atoms with Crippen molar-refractivity contribution >= 4 is 11.8 Å². The summed E-state index contributed by atoms with van der Waals surface area (Å²) in [7, 11) is 0. The second-order valence-electron chi connectivity index (χ2n) is 4.71. The molecule has 0 aromatic carbocycles. The number of hydrogen-bond donors (Lipinski definition) is 1. The van der Waals surface area contributed by atoms with Gasteiger partial charge in [-0.3, -0.25) is 0 Å². The molecule has 1 N–H and O–H groups in total. The summed E-state index contributed by atoms with van der Waals surface area (Å²) in [6.07, 6.45) is 5.69. The van der Waals surface area contributed by atoms with Crippen molar-refractivity contribution in [1.29, 1.82) is 0 Å². The van der Waals surface area contributed by atoms with E-state index in [4.69, 9.17) is 0 Å². The second kappa shape index (κ2) is 6.73. The fourth-order valence-corrected chi connectivity index (χ4v) is 3.54. The predicted octanol–water partition coefficient (Wildman–Crippen LogP) is 3.30. The maximum absolute atomic E-state index is 3.64. The lowest BCUT2D eigenvalue weighted by Gasteiger charge is -2.32. The Morgan fingerprint density at radius 3 is 2.64 bits per heavy atom. The van der Waals surface area contributed by atoms with Crippen LogP contribution in [0.2, 0.25) is 0 Å². The Bertz CT molecular complexity index is 145. The molecule has 84 valence electrons. The zero-order chi connectivity index (χ0) is 10.4. The van der Waals surface area contributed by atoms with E-state index in [0.29, 0.717) is 0 Å². The monoisotopic (exact) mass is 215 g/mol. The molecule has 0 aromatic heterocycles. The molecular formula is C12H25NS. The van der Waals surface area contributed by atoms with Crippen LogP contribution in [0.5, 0.6) is 0 Å². The summed E-state index contributed by atoms with van der Waals surface area (Å²) in [5, 5.41) is 4.52. The van der Waals surface area contributed by atoms with Crippen LogP contribution < -0.4 is 5.32 Å². The van der Waals surface area contributed by atoms with Crippen LogP contribution in [0.25, 0.3) is 0 Å². The van der Waals surface area contributed by atoms with Gasteiger partial charge in [-0.15, -0.1) is 0 Å². The van der Waals surface area contributed by atoms with E-state index in [2.05, 4.69) is 37.8 Å². The Morgan fingerprint density at radius 1 is 1.29 bits per heavy atom. The molecule has 1 saturated carbocycles. The minimum Gasteiger partial charge on any atom is -0.313 e. The maximum Gasteiger partial charge on any atom is 0.0201 e. The average Bonchev–Trinajstić information content (AvgIpc) is 2.17. The molecule has 0 heterocycles. The number of rotatable bonds is 5. The Kier molecular flexibility index (Phi) is 5.95. The molecule has 0 spiro atoms. The van der Waals surface area contributed by atoms with Crippen molar-refractivity contribution in [3.05, 3.63) is 0 Å². The van der Waals surface area contributed by atoms with Crippen molar-refractivity contribution in [2.24, 2.45) is 5.92 Å². The number of nitrogens with one attached hydrogen (secondary N) is 1. The smallest absolute Gasteiger partial charge is 0.0201 e. The molecule has 2 atom stereocenters. The first kappa shape index (κ1) is 12.4. The van der Waals surface area contributed by atoms with Crippen molar-refractivity contribution < 1.29 is 0 Å². The van der Waals surface area contributed by atoms with Crippen molar-refractivity contribution in [2.75, 3.05) is 12.3 Å². The Labute approximate surface area is 93.4 Å². The molecule has 0 radical (unpaired) electrons. The van der Waals surface area contributed by atoms with Crippen LogP contribution in [0.4, 0.5) is 0 Å². The zero-order valence-electron chi connectivity index (χ0n) is 9.88. The second-order valence-corrected chi connectivity index (χ2v) is 5.99. The standard InChI is InChI=1S/C12H25NS/c1-4-13-11-7-5-6-8-12(11)14-9-10(2)3/h10-13H,4-9H2,1-3H3. The van der Waals surface area contributed by atoms with E-state index in [0.717, 1.165) is 23.8 Å². The van der Waals surface area contributed by atoms with E-state index < -0.39 is 0 Å². The molecule has 1 fully saturated rings. The summed E-state index contributed by atoms with van der Waals surface area (Å²) < 4.78 is 0. The molecule has 1 aliphatic carbocycles. The van der Waals surface area contributed by atoms with Gasteiger partial charge in [0.05, 0.1) is 0 Å². The van der Waals surface area contributed by atoms with Gasteiger partial charge in [0.25, 0.3) is 0 Å². The SMILES string of the molecule is CCNC1CCCCC1SCC(C)C. The summed E-state index contributed by atoms with van der Waals surface area (Å²) in [6.45, 7) is 7.98. The van der Waals surface area contributed by atoms with Gasteiger partial charge >= 0.3 is 0 Å². The molecule has 2 unspecified atom stereocenters. The topological polar surface area (TPSA) is 12.0 Å². The molecule has 0 saturated heterocycles. The van der Waals surface area contributed by atoms with E-state index in [1.54, 1.807) is 0 Å². The van der Waals surface area contributed by atoms with Gasteiger partial charge in [0.1, 0.15) is 0 Å². The first-order valence-corrected chi connectivity index (χ1v) is 7.14. The van der Waals surface area contributed by atoms with Crippen LogP contribution in [0, 0.1) is 5.92 Å². The third-order valence-corrected chi connectivity index (χ3v) is 4.66. The summed E-state index contributed by atoms with van der Waals surface area (Å²) in [6, 6.07) is 0.789. The van der Waals surface area contributed by atoms with Crippen molar-refractivity contribution in [3.8, 4) is 0 Å². The lowest BCUT2D eigenvalue weighted by atomic mass is 9.95. The third-order valence-electron chi connectivity index (χ3n) is 2.81. The molecule has 0 amide bonds. The van der Waals surface area contributed by atoms with Gasteiger partial charge in [0.15, 0.2) is 0 Å². The van der Waals surface area contributed by atoms with Crippen molar-refractivity contribution in [3.63, 3.8) is 0 Å². The van der Waals surface area contributed by atoms with Gasteiger partial charge < -0.3 is 5.32 Å². The summed E-state index contributed by atoms with van der Waals surface area (Å²) in [5.74, 6) is 2.16. The Hall–Kier alpha value is 0.310. The third kappa shape index (κ3) is 4.22. The van der Waals surface area contributed by atoms with Gasteiger partial charge in [-0.25, -0.2) is 0 Å². The Morgan fingerprint density at radius 2 is 2.00 bits per heavy atom. The summed E-state index contributed by atoms with van der Waals surface area (Å²) in [4.78, 5) is 0. The van der Waals surface area contributed by atoms with Crippen LogP contribution in [0.3, 0.4) is 0 Å². The van der Waals surface area contributed by atoms with Gasteiger partial charge in [0, 0.05) is 11.3 Å². The summed E-state index contributed by atoms with van der Waals surface area (Å²) >= 11 is 2.19. The number of thioether (sulfide) groups is 1. The van der Waals surface area contributed by atoms with Crippen LogP contribution in [0.1, 0.15) is 46.5 Å². The molecule has 1 rings (SSSR count). The average molecular weight is 215 g/mol. The Balaban J connectivity index is 2.30. The largest absolute Gasteiger partial charge is 0.313 e. The fourth-order valence-electron chi connectivity index (χ4n) is 2.11. The first-order valence-electron chi connectivity index (χ1n) is 6.09. The minimum atomic E-state index is 0.789. The molecule has 0 aromatic rings. The molecule has 0 bridgehead atoms. The predicted molar refractivity (Wildman–Crippen MR) is 67.0 cm³/mol. The fraction of sp³-hybridized carbons (Fsp3) is 1.00. The van der Waals surface area contributed by atoms with Crippen molar-refractivity contribution in [1.82, 2.24) is 5.32 Å². The highest BCUT2D eigenvalue weighted by Gasteiger charge is 2.24. The molecule has 1 aliphatic rings. The molecule has 0 aliphatic heterocycles. The van der Waals surface area contributed by atoms with Gasteiger partial charge in [0.2, 0.25) is 0 Å². The molecule has 14 heavy (non-hydrogen) atoms. The lowest BCUT2D eigenvalue weighted by molar-refractivity contribution is 0.390. The number of hydrogen-bond acceptors (Lipinski definition) is 2. The lowest BCUT2D eigenvalue weighted by Crippen LogP contribution is -2.40. The zero-order valence-corrected chi connectivity index (χ0v) is 10.7. The van der Waals surface area contributed by atoms with Crippen molar-refractivity contribution in [2.45, 2.75) is 57.7 Å². The van der Waals surface area contributed by atoms with E-state index in [1.807, 2.05) is 0 Å². The highest BCUT2D eigenvalue weighted by molar-refractivity contribution is 7.99. The molecule has 1 nitrogen and oxygen atoms in total. The normalized spacial score (nSPS) is 28.3.